The predicted octanol–water partition coefficient (Wildman–Crippen LogP) is 1.79. The van der Waals surface area contributed by atoms with Gasteiger partial charge in [-0.1, -0.05) is 12.1 Å². The molecule has 2 aromatic heterocycles. The second kappa shape index (κ2) is 4.97. The van der Waals surface area contributed by atoms with Crippen molar-refractivity contribution in [2.24, 2.45) is 0 Å². The number of nitrogens with one attached hydrogen (secondary N) is 2. The molecule has 0 aliphatic heterocycles. The zero-order chi connectivity index (χ0) is 13.1. The van der Waals surface area contributed by atoms with Crippen LogP contribution in [0.4, 0.5) is 0 Å². The zero-order valence-corrected chi connectivity index (χ0v) is 10.3. The summed E-state index contributed by atoms with van der Waals surface area (Å²) in [6.45, 7) is 1.22. The fraction of sp³-hybridized carbons (Fsp3) is 0.143. The van der Waals surface area contributed by atoms with Crippen LogP contribution in [0.5, 0.6) is 0 Å². The fourth-order valence-corrected chi connectivity index (χ4v) is 2.09. The first-order valence-corrected chi connectivity index (χ1v) is 6.16. The molecular formula is C14H14N4O. The van der Waals surface area contributed by atoms with Crippen molar-refractivity contribution in [2.75, 3.05) is 6.54 Å². The highest BCUT2D eigenvalue weighted by atomic mass is 16.1. The first-order chi connectivity index (χ1) is 9.34. The molecule has 0 spiro atoms. The summed E-state index contributed by atoms with van der Waals surface area (Å²) < 4.78 is 1.79. The third-order valence-corrected chi connectivity index (χ3v) is 3.02. The van der Waals surface area contributed by atoms with Crippen LogP contribution < -0.4 is 5.32 Å². The number of amides is 1. The molecular weight excluding hydrogens is 240 g/mol. The van der Waals surface area contributed by atoms with Gasteiger partial charge in [0.15, 0.2) is 0 Å². The average Bonchev–Trinajstić information content (AvgIpc) is 3.08. The van der Waals surface area contributed by atoms with Gasteiger partial charge in [0.05, 0.1) is 17.6 Å². The molecule has 1 aromatic carbocycles. The number of carbonyl (C=O) groups is 1. The summed E-state index contributed by atoms with van der Waals surface area (Å²) in [5.74, 6) is -0.0693. The summed E-state index contributed by atoms with van der Waals surface area (Å²) in [7, 11) is 0. The van der Waals surface area contributed by atoms with Crippen LogP contribution in [0.2, 0.25) is 0 Å². The van der Waals surface area contributed by atoms with Gasteiger partial charge in [-0.25, -0.2) is 0 Å². The molecule has 0 radical (unpaired) electrons. The van der Waals surface area contributed by atoms with Crippen LogP contribution in [0.25, 0.3) is 10.9 Å². The summed E-state index contributed by atoms with van der Waals surface area (Å²) >= 11 is 0. The Morgan fingerprint density at radius 2 is 2.26 bits per heavy atom. The Balaban J connectivity index is 1.68. The van der Waals surface area contributed by atoms with E-state index in [-0.39, 0.29) is 5.91 Å². The number of aromatic amines is 1. The number of carbonyl (C=O) groups excluding carboxylic acids is 1. The summed E-state index contributed by atoms with van der Waals surface area (Å²) in [5, 5.41) is 8.03. The maximum atomic E-state index is 12.1. The first kappa shape index (κ1) is 11.5. The molecule has 0 saturated carbocycles. The van der Waals surface area contributed by atoms with E-state index >= 15 is 0 Å². The van der Waals surface area contributed by atoms with E-state index in [1.165, 1.54) is 0 Å². The lowest BCUT2D eigenvalue weighted by Gasteiger charge is -2.06. The van der Waals surface area contributed by atoms with Crippen LogP contribution in [0.1, 0.15) is 10.4 Å². The molecule has 0 unspecified atom stereocenters. The Morgan fingerprint density at radius 1 is 1.32 bits per heavy atom. The molecule has 2 heterocycles. The lowest BCUT2D eigenvalue weighted by Crippen LogP contribution is -2.27. The van der Waals surface area contributed by atoms with Gasteiger partial charge in [0, 0.05) is 30.5 Å². The van der Waals surface area contributed by atoms with Crippen LogP contribution >= 0.6 is 0 Å². The van der Waals surface area contributed by atoms with Crippen molar-refractivity contribution in [1.29, 1.82) is 0 Å². The van der Waals surface area contributed by atoms with Crippen LogP contribution in [-0.4, -0.2) is 27.2 Å². The van der Waals surface area contributed by atoms with Gasteiger partial charge in [0.1, 0.15) is 0 Å². The van der Waals surface area contributed by atoms with Crippen molar-refractivity contribution in [3.63, 3.8) is 0 Å². The molecule has 5 heteroatoms. The third kappa shape index (κ3) is 2.35. The predicted molar refractivity (Wildman–Crippen MR) is 72.9 cm³/mol. The summed E-state index contributed by atoms with van der Waals surface area (Å²) in [5.41, 5.74) is 1.54. The topological polar surface area (TPSA) is 62.7 Å². The second-order valence-electron chi connectivity index (χ2n) is 4.27. The van der Waals surface area contributed by atoms with Crippen molar-refractivity contribution in [2.45, 2.75) is 6.54 Å². The van der Waals surface area contributed by atoms with Crippen molar-refractivity contribution >= 4 is 16.8 Å². The first-order valence-electron chi connectivity index (χ1n) is 6.16. The minimum absolute atomic E-state index is 0.0693. The molecule has 0 aliphatic carbocycles. The molecule has 0 fully saturated rings. The molecule has 3 aromatic rings. The van der Waals surface area contributed by atoms with E-state index in [9.17, 15) is 4.79 Å². The number of benzene rings is 1. The van der Waals surface area contributed by atoms with E-state index in [1.807, 2.05) is 42.7 Å². The number of H-pyrrole nitrogens is 1. The van der Waals surface area contributed by atoms with Crippen LogP contribution in [0.15, 0.2) is 48.9 Å². The fourth-order valence-electron chi connectivity index (χ4n) is 2.09. The average molecular weight is 254 g/mol. The smallest absolute Gasteiger partial charge is 0.253 e. The molecule has 0 aliphatic rings. The Morgan fingerprint density at radius 3 is 3.11 bits per heavy atom. The molecule has 96 valence electrons. The molecule has 19 heavy (non-hydrogen) atoms. The number of aromatic nitrogens is 3. The zero-order valence-electron chi connectivity index (χ0n) is 10.3. The monoisotopic (exact) mass is 254 g/mol. The quantitative estimate of drug-likeness (QED) is 0.745. The number of hydrogen-bond acceptors (Lipinski definition) is 2. The highest BCUT2D eigenvalue weighted by Gasteiger charge is 2.09. The lowest BCUT2D eigenvalue weighted by molar-refractivity contribution is 0.0953. The molecule has 3 rings (SSSR count). The van der Waals surface area contributed by atoms with Crippen molar-refractivity contribution in [3.8, 4) is 0 Å². The van der Waals surface area contributed by atoms with E-state index < -0.39 is 0 Å². The Labute approximate surface area is 110 Å². The number of rotatable bonds is 4. The van der Waals surface area contributed by atoms with E-state index in [0.717, 1.165) is 10.9 Å². The van der Waals surface area contributed by atoms with Crippen molar-refractivity contribution in [1.82, 2.24) is 20.1 Å². The minimum Gasteiger partial charge on any atom is -0.361 e. The number of para-hydroxylation sites is 1. The van der Waals surface area contributed by atoms with E-state index in [0.29, 0.717) is 18.7 Å². The van der Waals surface area contributed by atoms with Crippen molar-refractivity contribution < 1.29 is 4.79 Å². The Bertz CT molecular complexity index is 684. The summed E-state index contributed by atoms with van der Waals surface area (Å²) in [6, 6.07) is 9.50. The minimum atomic E-state index is -0.0693. The van der Waals surface area contributed by atoms with E-state index in [4.69, 9.17) is 0 Å². The third-order valence-electron chi connectivity index (χ3n) is 3.02. The van der Waals surface area contributed by atoms with Gasteiger partial charge in [0.2, 0.25) is 0 Å². The maximum Gasteiger partial charge on any atom is 0.253 e. The van der Waals surface area contributed by atoms with Crippen molar-refractivity contribution in [3.05, 3.63) is 54.5 Å². The Kier molecular flexibility index (Phi) is 3.02. The number of fused-ring (bicyclic) bond motifs is 1. The van der Waals surface area contributed by atoms with E-state index in [1.54, 1.807) is 10.9 Å². The van der Waals surface area contributed by atoms with Gasteiger partial charge in [0.25, 0.3) is 5.91 Å². The maximum absolute atomic E-state index is 12.1. The second-order valence-corrected chi connectivity index (χ2v) is 4.27. The van der Waals surface area contributed by atoms with E-state index in [2.05, 4.69) is 15.4 Å². The molecule has 1 amide bonds. The molecule has 0 bridgehead atoms. The van der Waals surface area contributed by atoms with Gasteiger partial charge < -0.3 is 10.3 Å². The van der Waals surface area contributed by atoms with Gasteiger partial charge in [-0.3, -0.25) is 9.48 Å². The summed E-state index contributed by atoms with van der Waals surface area (Å²) in [4.78, 5) is 15.2. The van der Waals surface area contributed by atoms with Crippen LogP contribution in [0.3, 0.4) is 0 Å². The highest BCUT2D eigenvalue weighted by Crippen LogP contribution is 2.16. The number of hydrogen-bond donors (Lipinski definition) is 2. The van der Waals surface area contributed by atoms with Gasteiger partial charge in [-0.05, 0) is 18.2 Å². The normalized spacial score (nSPS) is 10.7. The van der Waals surface area contributed by atoms with Gasteiger partial charge >= 0.3 is 0 Å². The molecule has 0 saturated heterocycles. The van der Waals surface area contributed by atoms with Crippen LogP contribution in [-0.2, 0) is 6.54 Å². The molecule has 5 nitrogen and oxygen atoms in total. The summed E-state index contributed by atoms with van der Waals surface area (Å²) in [6.07, 6.45) is 5.44. The van der Waals surface area contributed by atoms with Gasteiger partial charge in [-0.15, -0.1) is 0 Å². The van der Waals surface area contributed by atoms with Crippen LogP contribution in [0, 0.1) is 0 Å². The standard InChI is InChI=1S/C14H14N4O/c19-14(16-8-10-18-9-2-6-17-18)12-4-1-3-11-5-7-15-13(11)12/h1-7,9,15H,8,10H2,(H,16,19). The number of nitrogens with zero attached hydrogens (tertiary/aromatic N) is 2. The van der Waals surface area contributed by atoms with Gasteiger partial charge in [-0.2, -0.15) is 5.10 Å². The SMILES string of the molecule is O=C(NCCn1cccn1)c1cccc2cc[nH]c12. The Hall–Kier alpha value is -2.56. The largest absolute Gasteiger partial charge is 0.361 e. The molecule has 0 atom stereocenters. The highest BCUT2D eigenvalue weighted by molar-refractivity contribution is 6.05. The molecule has 2 N–H and O–H groups in total. The lowest BCUT2D eigenvalue weighted by atomic mass is 10.1.